The van der Waals surface area contributed by atoms with Crippen LogP contribution in [-0.4, -0.2) is 30.3 Å². The molecule has 2 rings (SSSR count). The Morgan fingerprint density at radius 2 is 1.79 bits per heavy atom. The largest absolute Gasteiger partial charge is 0.376 e. The SMILES string of the molecule is CN(C)C(=CC=O)c1ccc(-c2ccccc2)cn1. The van der Waals surface area contributed by atoms with Crippen LogP contribution in [0.2, 0.25) is 0 Å². The van der Waals surface area contributed by atoms with E-state index >= 15 is 0 Å². The molecule has 19 heavy (non-hydrogen) atoms. The minimum absolute atomic E-state index is 0.780. The highest BCUT2D eigenvalue weighted by atomic mass is 16.1. The first-order chi connectivity index (χ1) is 9.22. The molecule has 0 aliphatic rings. The fourth-order valence-corrected chi connectivity index (χ4v) is 1.87. The first-order valence-corrected chi connectivity index (χ1v) is 6.07. The van der Waals surface area contributed by atoms with Crippen molar-refractivity contribution in [2.75, 3.05) is 14.1 Å². The molecule has 1 aromatic carbocycles. The molecule has 3 nitrogen and oxygen atoms in total. The second kappa shape index (κ2) is 5.96. The van der Waals surface area contributed by atoms with Crippen molar-refractivity contribution in [1.29, 1.82) is 0 Å². The summed E-state index contributed by atoms with van der Waals surface area (Å²) in [4.78, 5) is 17.0. The molecule has 0 saturated carbocycles. The monoisotopic (exact) mass is 252 g/mol. The molecule has 0 spiro atoms. The summed E-state index contributed by atoms with van der Waals surface area (Å²) in [6, 6.07) is 14.0. The Bertz CT molecular complexity index is 571. The third kappa shape index (κ3) is 3.07. The van der Waals surface area contributed by atoms with Crippen molar-refractivity contribution in [3.05, 3.63) is 60.4 Å². The smallest absolute Gasteiger partial charge is 0.144 e. The van der Waals surface area contributed by atoms with Gasteiger partial charge in [0.2, 0.25) is 0 Å². The van der Waals surface area contributed by atoms with Gasteiger partial charge in [-0.2, -0.15) is 0 Å². The number of rotatable bonds is 4. The van der Waals surface area contributed by atoms with Crippen LogP contribution in [0.4, 0.5) is 0 Å². The molecule has 96 valence electrons. The molecular formula is C16H16N2O. The third-order valence-corrected chi connectivity index (χ3v) is 2.84. The van der Waals surface area contributed by atoms with E-state index in [1.807, 2.05) is 67.7 Å². The van der Waals surface area contributed by atoms with Gasteiger partial charge >= 0.3 is 0 Å². The molecule has 0 radical (unpaired) electrons. The van der Waals surface area contributed by atoms with Gasteiger partial charge in [-0.3, -0.25) is 9.78 Å². The lowest BCUT2D eigenvalue weighted by Gasteiger charge is -2.16. The Morgan fingerprint density at radius 3 is 2.32 bits per heavy atom. The highest BCUT2D eigenvalue weighted by molar-refractivity contribution is 5.79. The Labute approximate surface area is 113 Å². The number of aldehydes is 1. The Kier molecular flexibility index (Phi) is 4.08. The Balaban J connectivity index is 2.33. The van der Waals surface area contributed by atoms with Gasteiger partial charge in [-0.1, -0.05) is 36.4 Å². The summed E-state index contributed by atoms with van der Waals surface area (Å²) in [5.41, 5.74) is 3.78. The van der Waals surface area contributed by atoms with Crippen LogP contribution >= 0.6 is 0 Å². The average Bonchev–Trinajstić information content (AvgIpc) is 2.46. The zero-order valence-corrected chi connectivity index (χ0v) is 11.1. The summed E-state index contributed by atoms with van der Waals surface area (Å²) in [6.07, 6.45) is 4.12. The molecule has 0 fully saturated rings. The molecule has 0 bridgehead atoms. The summed E-state index contributed by atoms with van der Waals surface area (Å²) in [5.74, 6) is 0. The minimum atomic E-state index is 0.780. The van der Waals surface area contributed by atoms with E-state index in [2.05, 4.69) is 4.98 Å². The molecule has 0 amide bonds. The number of aromatic nitrogens is 1. The van der Waals surface area contributed by atoms with E-state index in [0.29, 0.717) is 0 Å². The first kappa shape index (κ1) is 13.0. The fourth-order valence-electron chi connectivity index (χ4n) is 1.87. The Hall–Kier alpha value is -2.42. The van der Waals surface area contributed by atoms with Crippen LogP contribution in [0.3, 0.4) is 0 Å². The van der Waals surface area contributed by atoms with Crippen LogP contribution in [0.5, 0.6) is 0 Å². The Morgan fingerprint density at radius 1 is 1.05 bits per heavy atom. The second-order valence-corrected chi connectivity index (χ2v) is 4.38. The quantitative estimate of drug-likeness (QED) is 0.619. The number of hydrogen-bond donors (Lipinski definition) is 0. The standard InChI is InChI=1S/C16H16N2O/c1-18(2)16(10-11-19)15-9-8-14(12-17-15)13-6-4-3-5-7-13/h3-12H,1-2H3. The van der Waals surface area contributed by atoms with Gasteiger partial charge in [0.25, 0.3) is 0 Å². The maximum absolute atomic E-state index is 10.7. The van der Waals surface area contributed by atoms with Crippen LogP contribution in [0.25, 0.3) is 16.8 Å². The lowest BCUT2D eigenvalue weighted by atomic mass is 10.1. The molecular weight excluding hydrogens is 236 g/mol. The van der Waals surface area contributed by atoms with Crippen LogP contribution in [0.1, 0.15) is 5.69 Å². The number of carbonyl (C=O) groups is 1. The van der Waals surface area contributed by atoms with Crippen molar-refractivity contribution in [2.24, 2.45) is 0 Å². The molecule has 0 aliphatic carbocycles. The molecule has 0 saturated heterocycles. The lowest BCUT2D eigenvalue weighted by Crippen LogP contribution is -2.11. The number of benzene rings is 1. The third-order valence-electron chi connectivity index (χ3n) is 2.84. The van der Waals surface area contributed by atoms with E-state index in [0.717, 1.165) is 28.8 Å². The zero-order chi connectivity index (χ0) is 13.7. The molecule has 1 heterocycles. The van der Waals surface area contributed by atoms with E-state index < -0.39 is 0 Å². The number of carbonyl (C=O) groups excluding carboxylic acids is 1. The van der Waals surface area contributed by atoms with E-state index in [1.165, 1.54) is 6.08 Å². The van der Waals surface area contributed by atoms with Gasteiger partial charge in [0, 0.05) is 31.9 Å². The van der Waals surface area contributed by atoms with Crippen molar-refractivity contribution in [3.63, 3.8) is 0 Å². The number of pyridine rings is 1. The fraction of sp³-hybridized carbons (Fsp3) is 0.125. The van der Waals surface area contributed by atoms with Gasteiger partial charge < -0.3 is 4.90 Å². The maximum atomic E-state index is 10.7. The summed E-state index contributed by atoms with van der Waals surface area (Å²) in [7, 11) is 3.78. The molecule has 0 unspecified atom stereocenters. The predicted molar refractivity (Wildman–Crippen MR) is 77.4 cm³/mol. The second-order valence-electron chi connectivity index (χ2n) is 4.38. The molecule has 0 atom stereocenters. The normalized spacial score (nSPS) is 11.2. The van der Waals surface area contributed by atoms with E-state index in [9.17, 15) is 4.79 Å². The highest BCUT2D eigenvalue weighted by Crippen LogP contribution is 2.20. The van der Waals surface area contributed by atoms with Crippen LogP contribution < -0.4 is 0 Å². The molecule has 1 aromatic heterocycles. The van der Waals surface area contributed by atoms with Gasteiger partial charge in [-0.25, -0.2) is 0 Å². The van der Waals surface area contributed by atoms with Crippen molar-refractivity contribution >= 4 is 12.0 Å². The summed E-state index contributed by atoms with van der Waals surface area (Å²) in [6.45, 7) is 0. The molecule has 0 aliphatic heterocycles. The highest BCUT2D eigenvalue weighted by Gasteiger charge is 2.05. The first-order valence-electron chi connectivity index (χ1n) is 6.07. The van der Waals surface area contributed by atoms with Gasteiger partial charge in [-0.15, -0.1) is 0 Å². The average molecular weight is 252 g/mol. The molecule has 3 heteroatoms. The van der Waals surface area contributed by atoms with E-state index in [4.69, 9.17) is 0 Å². The maximum Gasteiger partial charge on any atom is 0.144 e. The van der Waals surface area contributed by atoms with E-state index in [-0.39, 0.29) is 0 Å². The van der Waals surface area contributed by atoms with Crippen molar-refractivity contribution in [2.45, 2.75) is 0 Å². The minimum Gasteiger partial charge on any atom is -0.376 e. The van der Waals surface area contributed by atoms with Crippen molar-refractivity contribution in [1.82, 2.24) is 9.88 Å². The van der Waals surface area contributed by atoms with Crippen molar-refractivity contribution in [3.8, 4) is 11.1 Å². The summed E-state index contributed by atoms with van der Waals surface area (Å²) >= 11 is 0. The number of hydrogen-bond acceptors (Lipinski definition) is 3. The van der Waals surface area contributed by atoms with Crippen LogP contribution in [-0.2, 0) is 4.79 Å². The lowest BCUT2D eigenvalue weighted by molar-refractivity contribution is -0.104. The van der Waals surface area contributed by atoms with Crippen LogP contribution in [0.15, 0.2) is 54.7 Å². The topological polar surface area (TPSA) is 33.2 Å². The number of allylic oxidation sites excluding steroid dienone is 1. The van der Waals surface area contributed by atoms with E-state index in [1.54, 1.807) is 0 Å². The summed E-state index contributed by atoms with van der Waals surface area (Å²) in [5, 5.41) is 0. The molecule has 0 N–H and O–H groups in total. The zero-order valence-electron chi connectivity index (χ0n) is 11.1. The molecule has 2 aromatic rings. The van der Waals surface area contributed by atoms with Gasteiger partial charge in [0.1, 0.15) is 6.29 Å². The predicted octanol–water partition coefficient (Wildman–Crippen LogP) is 2.85. The number of nitrogens with zero attached hydrogens (tertiary/aromatic N) is 2. The van der Waals surface area contributed by atoms with Gasteiger partial charge in [0.15, 0.2) is 0 Å². The van der Waals surface area contributed by atoms with Crippen LogP contribution in [0, 0.1) is 0 Å². The van der Waals surface area contributed by atoms with Crippen molar-refractivity contribution < 1.29 is 4.79 Å². The van der Waals surface area contributed by atoms with Gasteiger partial charge in [0.05, 0.1) is 11.4 Å². The van der Waals surface area contributed by atoms with Gasteiger partial charge in [-0.05, 0) is 11.6 Å². The summed E-state index contributed by atoms with van der Waals surface area (Å²) < 4.78 is 0.